The number of hydrogen-bond donors (Lipinski definition) is 1. The van der Waals surface area contributed by atoms with Crippen molar-refractivity contribution in [2.75, 3.05) is 6.54 Å². The van der Waals surface area contributed by atoms with Crippen LogP contribution in [-0.4, -0.2) is 16.7 Å². The third-order valence-electron chi connectivity index (χ3n) is 3.68. The molecular weight excluding hydrogens is 294 g/mol. The minimum atomic E-state index is -0.0688. The van der Waals surface area contributed by atoms with Gasteiger partial charge in [-0.1, -0.05) is 27.5 Å². The van der Waals surface area contributed by atoms with Gasteiger partial charge in [0, 0.05) is 16.6 Å². The number of hydrogen-bond acceptors (Lipinski definition) is 4. The highest BCUT2D eigenvalue weighted by molar-refractivity contribution is 9.10. The maximum atomic E-state index is 5.83. The Kier molecular flexibility index (Phi) is 2.95. The molecule has 0 radical (unpaired) electrons. The van der Waals surface area contributed by atoms with Gasteiger partial charge in [0.25, 0.3) is 0 Å². The molecule has 1 fully saturated rings. The first kappa shape index (κ1) is 11.9. The average molecular weight is 308 g/mol. The second kappa shape index (κ2) is 4.48. The van der Waals surface area contributed by atoms with E-state index in [9.17, 15) is 0 Å². The van der Waals surface area contributed by atoms with Gasteiger partial charge in [0.1, 0.15) is 0 Å². The summed E-state index contributed by atoms with van der Waals surface area (Å²) < 4.78 is 6.43. The molecule has 2 aromatic rings. The number of halogens is 1. The van der Waals surface area contributed by atoms with Crippen molar-refractivity contribution in [3.63, 3.8) is 0 Å². The van der Waals surface area contributed by atoms with Crippen LogP contribution in [0, 0.1) is 0 Å². The van der Waals surface area contributed by atoms with Crippen LogP contribution in [0.15, 0.2) is 33.3 Å². The van der Waals surface area contributed by atoms with Gasteiger partial charge in [-0.25, -0.2) is 0 Å². The van der Waals surface area contributed by atoms with Crippen LogP contribution in [0.3, 0.4) is 0 Å². The predicted molar refractivity (Wildman–Crippen MR) is 72.0 cm³/mol. The molecule has 3 rings (SSSR count). The van der Waals surface area contributed by atoms with E-state index in [0.29, 0.717) is 18.3 Å². The highest BCUT2D eigenvalue weighted by Crippen LogP contribution is 2.42. The van der Waals surface area contributed by atoms with Crippen molar-refractivity contribution < 1.29 is 4.52 Å². The van der Waals surface area contributed by atoms with Crippen LogP contribution in [0.5, 0.6) is 0 Å². The van der Waals surface area contributed by atoms with E-state index >= 15 is 0 Å². The van der Waals surface area contributed by atoms with Crippen LogP contribution < -0.4 is 5.73 Å². The predicted octanol–water partition coefficient (Wildman–Crippen LogP) is 2.88. The summed E-state index contributed by atoms with van der Waals surface area (Å²) in [6, 6.07) is 7.87. The molecule has 0 spiro atoms. The van der Waals surface area contributed by atoms with Gasteiger partial charge >= 0.3 is 0 Å². The second-order valence-electron chi connectivity index (χ2n) is 4.77. The zero-order chi connectivity index (χ0) is 12.6. The van der Waals surface area contributed by atoms with E-state index in [4.69, 9.17) is 10.3 Å². The van der Waals surface area contributed by atoms with Gasteiger partial charge in [-0.15, -0.1) is 0 Å². The maximum absolute atomic E-state index is 5.83. The first-order chi connectivity index (χ1) is 8.73. The number of nitrogens with zero attached hydrogens (tertiary/aromatic N) is 2. The Morgan fingerprint density at radius 3 is 2.56 bits per heavy atom. The molecule has 1 aromatic heterocycles. The summed E-state index contributed by atoms with van der Waals surface area (Å²) in [5.74, 6) is 1.33. The summed E-state index contributed by atoms with van der Waals surface area (Å²) in [6.07, 6.45) is 3.28. The Morgan fingerprint density at radius 1 is 1.28 bits per heavy atom. The summed E-state index contributed by atoms with van der Waals surface area (Å²) in [7, 11) is 0. The Labute approximate surface area is 114 Å². The van der Waals surface area contributed by atoms with Gasteiger partial charge < -0.3 is 10.3 Å². The maximum Gasteiger partial charge on any atom is 0.234 e. The number of benzene rings is 1. The highest BCUT2D eigenvalue weighted by atomic mass is 79.9. The van der Waals surface area contributed by atoms with Gasteiger partial charge in [0.2, 0.25) is 11.7 Å². The zero-order valence-electron chi connectivity index (χ0n) is 9.90. The van der Waals surface area contributed by atoms with Gasteiger partial charge in [-0.3, -0.25) is 0 Å². The molecular formula is C13H14BrN3O. The minimum Gasteiger partial charge on any atom is -0.338 e. The molecule has 4 nitrogen and oxygen atoms in total. The molecule has 0 unspecified atom stereocenters. The van der Waals surface area contributed by atoms with Crippen molar-refractivity contribution in [1.82, 2.24) is 10.1 Å². The molecule has 5 heteroatoms. The smallest absolute Gasteiger partial charge is 0.234 e. The number of aromatic nitrogens is 2. The highest BCUT2D eigenvalue weighted by Gasteiger charge is 2.42. The fraction of sp³-hybridized carbons (Fsp3) is 0.385. The largest absolute Gasteiger partial charge is 0.338 e. The molecule has 2 N–H and O–H groups in total. The normalized spacial score (nSPS) is 17.4. The van der Waals surface area contributed by atoms with Gasteiger partial charge in [0.05, 0.1) is 5.41 Å². The van der Waals surface area contributed by atoms with E-state index in [-0.39, 0.29) is 5.41 Å². The molecule has 1 aliphatic carbocycles. The summed E-state index contributed by atoms with van der Waals surface area (Å²) in [4.78, 5) is 4.50. The average Bonchev–Trinajstić information content (AvgIpc) is 2.79. The lowest BCUT2D eigenvalue weighted by molar-refractivity contribution is 0.182. The summed E-state index contributed by atoms with van der Waals surface area (Å²) in [6.45, 7) is 0.578. The molecule has 0 atom stereocenters. The minimum absolute atomic E-state index is 0.0688. The fourth-order valence-corrected chi connectivity index (χ4v) is 2.53. The monoisotopic (exact) mass is 307 g/mol. The van der Waals surface area contributed by atoms with Crippen molar-refractivity contribution in [3.8, 4) is 11.4 Å². The third-order valence-corrected chi connectivity index (χ3v) is 4.21. The molecule has 1 saturated carbocycles. The van der Waals surface area contributed by atoms with E-state index in [1.807, 2.05) is 24.3 Å². The molecule has 1 heterocycles. The first-order valence-electron chi connectivity index (χ1n) is 6.04. The van der Waals surface area contributed by atoms with Crippen LogP contribution >= 0.6 is 15.9 Å². The van der Waals surface area contributed by atoms with E-state index in [0.717, 1.165) is 22.9 Å². The van der Waals surface area contributed by atoms with Crippen LogP contribution in [0.1, 0.15) is 25.2 Å². The fourth-order valence-electron chi connectivity index (χ4n) is 2.26. The van der Waals surface area contributed by atoms with Crippen molar-refractivity contribution in [1.29, 1.82) is 0 Å². The van der Waals surface area contributed by atoms with Crippen LogP contribution in [-0.2, 0) is 5.41 Å². The Bertz CT molecular complexity index is 540. The van der Waals surface area contributed by atoms with Crippen molar-refractivity contribution >= 4 is 15.9 Å². The van der Waals surface area contributed by atoms with Crippen LogP contribution in [0.4, 0.5) is 0 Å². The van der Waals surface area contributed by atoms with Gasteiger partial charge in [-0.05, 0) is 37.1 Å². The lowest BCUT2D eigenvalue weighted by Gasteiger charge is -2.36. The molecule has 18 heavy (non-hydrogen) atoms. The molecule has 94 valence electrons. The second-order valence-corrected chi connectivity index (χ2v) is 5.68. The lowest BCUT2D eigenvalue weighted by atomic mass is 9.69. The third kappa shape index (κ3) is 1.87. The van der Waals surface area contributed by atoms with E-state index < -0.39 is 0 Å². The standard InChI is InChI=1S/C13H14BrN3O/c14-10-4-2-9(3-5-10)11-16-12(18-17-11)13(8-15)6-1-7-13/h2-5H,1,6-8,15H2. The van der Waals surface area contributed by atoms with E-state index in [2.05, 4.69) is 26.1 Å². The van der Waals surface area contributed by atoms with Crippen LogP contribution in [0.2, 0.25) is 0 Å². The number of nitrogens with two attached hydrogens (primary N) is 1. The van der Waals surface area contributed by atoms with Crippen molar-refractivity contribution in [2.24, 2.45) is 5.73 Å². The molecule has 0 amide bonds. The molecule has 0 bridgehead atoms. The quantitative estimate of drug-likeness (QED) is 0.947. The Balaban J connectivity index is 1.91. The molecule has 0 aliphatic heterocycles. The van der Waals surface area contributed by atoms with Gasteiger partial charge in [0.15, 0.2) is 0 Å². The summed E-state index contributed by atoms with van der Waals surface area (Å²) in [5, 5.41) is 4.06. The van der Waals surface area contributed by atoms with E-state index in [1.165, 1.54) is 6.42 Å². The van der Waals surface area contributed by atoms with Crippen LogP contribution in [0.25, 0.3) is 11.4 Å². The Hall–Kier alpha value is -1.20. The number of rotatable bonds is 3. The molecule has 1 aliphatic rings. The first-order valence-corrected chi connectivity index (χ1v) is 6.83. The topological polar surface area (TPSA) is 64.9 Å². The zero-order valence-corrected chi connectivity index (χ0v) is 11.5. The summed E-state index contributed by atoms with van der Waals surface area (Å²) in [5.41, 5.74) is 6.72. The molecule has 0 saturated heterocycles. The lowest BCUT2D eigenvalue weighted by Crippen LogP contribution is -2.41. The van der Waals surface area contributed by atoms with Crippen molar-refractivity contribution in [3.05, 3.63) is 34.6 Å². The van der Waals surface area contributed by atoms with Crippen molar-refractivity contribution in [2.45, 2.75) is 24.7 Å². The van der Waals surface area contributed by atoms with Gasteiger partial charge in [-0.2, -0.15) is 4.98 Å². The Morgan fingerprint density at radius 2 is 2.00 bits per heavy atom. The molecule has 1 aromatic carbocycles. The summed E-state index contributed by atoms with van der Waals surface area (Å²) >= 11 is 3.41. The van der Waals surface area contributed by atoms with E-state index in [1.54, 1.807) is 0 Å². The SMILES string of the molecule is NCC1(c2nc(-c3ccc(Br)cc3)no2)CCC1.